The average molecular weight is 327 g/mol. The second-order valence-corrected chi connectivity index (χ2v) is 5.82. The summed E-state index contributed by atoms with van der Waals surface area (Å²) in [6, 6.07) is 6.03. The lowest BCUT2D eigenvalue weighted by molar-refractivity contribution is 0.0697. The van der Waals surface area contributed by atoms with E-state index in [1.165, 1.54) is 22.9 Å². The lowest BCUT2D eigenvalue weighted by atomic mass is 10.1. The van der Waals surface area contributed by atoms with Gasteiger partial charge in [0.2, 0.25) is 0 Å². The van der Waals surface area contributed by atoms with Crippen molar-refractivity contribution in [1.82, 2.24) is 20.0 Å². The quantitative estimate of drug-likeness (QED) is 0.678. The first kappa shape index (κ1) is 15.7. The number of aromatic nitrogens is 4. The van der Waals surface area contributed by atoms with E-state index in [2.05, 4.69) is 20.6 Å². The largest absolute Gasteiger partial charge is 0.478 e. The highest BCUT2D eigenvalue weighted by molar-refractivity contribution is 5.98. The van der Waals surface area contributed by atoms with Crippen molar-refractivity contribution >= 4 is 28.4 Å². The lowest BCUT2D eigenvalue weighted by Crippen LogP contribution is -2.26. The van der Waals surface area contributed by atoms with Gasteiger partial charge in [0.25, 0.3) is 5.56 Å². The molecule has 0 amide bonds. The molecule has 2 aromatic heterocycles. The third-order valence-electron chi connectivity index (χ3n) is 3.61. The Morgan fingerprint density at radius 3 is 2.62 bits per heavy atom. The van der Waals surface area contributed by atoms with Crippen LogP contribution in [0.3, 0.4) is 0 Å². The van der Waals surface area contributed by atoms with Crippen LogP contribution in [0, 0.1) is 6.92 Å². The van der Waals surface area contributed by atoms with E-state index in [1.807, 2.05) is 20.8 Å². The number of anilines is 2. The van der Waals surface area contributed by atoms with Crippen molar-refractivity contribution in [2.24, 2.45) is 0 Å². The van der Waals surface area contributed by atoms with E-state index in [-0.39, 0.29) is 17.2 Å². The average Bonchev–Trinajstić information content (AvgIpc) is 2.94. The maximum absolute atomic E-state index is 12.6. The molecule has 0 atom stereocenters. The number of aryl methyl sites for hydroxylation is 1. The number of fused-ring (bicyclic) bond motifs is 1. The SMILES string of the molecule is Cc1cc(Nc2nn(C(C)C)c(=O)c3ccc(C(=O)O)cc23)n[nH]1. The summed E-state index contributed by atoms with van der Waals surface area (Å²) in [5, 5.41) is 24.3. The number of hydrogen-bond acceptors (Lipinski definition) is 5. The summed E-state index contributed by atoms with van der Waals surface area (Å²) in [4.78, 5) is 23.8. The molecular formula is C16H17N5O3. The number of rotatable bonds is 4. The van der Waals surface area contributed by atoms with Gasteiger partial charge in [-0.15, -0.1) is 0 Å². The van der Waals surface area contributed by atoms with E-state index < -0.39 is 5.97 Å². The third kappa shape index (κ3) is 2.73. The molecule has 0 saturated heterocycles. The summed E-state index contributed by atoms with van der Waals surface area (Å²) >= 11 is 0. The van der Waals surface area contributed by atoms with Crippen LogP contribution >= 0.6 is 0 Å². The highest BCUT2D eigenvalue weighted by Crippen LogP contribution is 2.24. The zero-order chi connectivity index (χ0) is 17.4. The Morgan fingerprint density at radius 1 is 1.29 bits per heavy atom. The molecule has 0 bridgehead atoms. The predicted molar refractivity (Wildman–Crippen MR) is 90.0 cm³/mol. The van der Waals surface area contributed by atoms with Gasteiger partial charge in [-0.25, -0.2) is 9.48 Å². The van der Waals surface area contributed by atoms with Crippen LogP contribution in [0.1, 0.15) is 35.9 Å². The highest BCUT2D eigenvalue weighted by Gasteiger charge is 2.15. The molecule has 0 radical (unpaired) electrons. The second-order valence-electron chi connectivity index (χ2n) is 5.82. The van der Waals surface area contributed by atoms with Gasteiger partial charge in [0, 0.05) is 17.1 Å². The fourth-order valence-corrected chi connectivity index (χ4v) is 2.44. The molecule has 0 aliphatic carbocycles. The molecule has 8 nitrogen and oxygen atoms in total. The summed E-state index contributed by atoms with van der Waals surface area (Å²) in [7, 11) is 0. The molecule has 124 valence electrons. The third-order valence-corrected chi connectivity index (χ3v) is 3.61. The number of hydrogen-bond donors (Lipinski definition) is 3. The monoisotopic (exact) mass is 327 g/mol. The first-order valence-corrected chi connectivity index (χ1v) is 7.45. The lowest BCUT2D eigenvalue weighted by Gasteiger charge is -2.14. The zero-order valence-corrected chi connectivity index (χ0v) is 13.5. The molecule has 0 unspecified atom stereocenters. The van der Waals surface area contributed by atoms with Crippen LogP contribution < -0.4 is 10.9 Å². The Balaban J connectivity index is 2.26. The maximum atomic E-state index is 12.6. The van der Waals surface area contributed by atoms with Crippen molar-refractivity contribution in [3.8, 4) is 0 Å². The minimum atomic E-state index is -1.06. The summed E-state index contributed by atoms with van der Waals surface area (Å²) in [5.74, 6) is -0.143. The maximum Gasteiger partial charge on any atom is 0.335 e. The summed E-state index contributed by atoms with van der Waals surface area (Å²) in [5.41, 5.74) is 0.693. The van der Waals surface area contributed by atoms with E-state index in [9.17, 15) is 14.7 Å². The molecule has 0 spiro atoms. The smallest absolute Gasteiger partial charge is 0.335 e. The van der Waals surface area contributed by atoms with E-state index in [4.69, 9.17) is 0 Å². The normalized spacial score (nSPS) is 11.2. The number of H-pyrrole nitrogens is 1. The van der Waals surface area contributed by atoms with Gasteiger partial charge >= 0.3 is 5.97 Å². The van der Waals surface area contributed by atoms with Crippen LogP contribution in [0.2, 0.25) is 0 Å². The van der Waals surface area contributed by atoms with Crippen molar-refractivity contribution in [2.45, 2.75) is 26.8 Å². The number of aromatic amines is 1. The predicted octanol–water partition coefficient (Wildman–Crippen LogP) is 2.45. The molecule has 8 heteroatoms. The highest BCUT2D eigenvalue weighted by atomic mass is 16.4. The molecule has 3 aromatic rings. The standard InChI is InChI=1S/C16H17N5O3/c1-8(2)21-15(22)11-5-4-10(16(23)24)7-12(11)14(20-21)17-13-6-9(3)18-19-13/h4-8H,1-3H3,(H,23,24)(H2,17,18,19,20). The van der Waals surface area contributed by atoms with Crippen molar-refractivity contribution in [2.75, 3.05) is 5.32 Å². The van der Waals surface area contributed by atoms with Gasteiger partial charge in [0.05, 0.1) is 17.0 Å². The van der Waals surface area contributed by atoms with Crippen molar-refractivity contribution < 1.29 is 9.90 Å². The van der Waals surface area contributed by atoms with Crippen molar-refractivity contribution in [1.29, 1.82) is 0 Å². The van der Waals surface area contributed by atoms with Gasteiger partial charge in [-0.3, -0.25) is 9.89 Å². The minimum absolute atomic E-state index is 0.0901. The number of aromatic carboxylic acids is 1. The molecule has 0 aliphatic heterocycles. The summed E-state index contributed by atoms with van der Waals surface area (Å²) in [6.45, 7) is 5.57. The molecular weight excluding hydrogens is 310 g/mol. The zero-order valence-electron chi connectivity index (χ0n) is 13.5. The topological polar surface area (TPSA) is 113 Å². The van der Waals surface area contributed by atoms with Crippen molar-refractivity contribution in [3.63, 3.8) is 0 Å². The molecule has 3 rings (SSSR count). The van der Waals surface area contributed by atoms with E-state index >= 15 is 0 Å². The summed E-state index contributed by atoms with van der Waals surface area (Å²) in [6.07, 6.45) is 0. The van der Waals surface area contributed by atoms with E-state index in [0.29, 0.717) is 22.4 Å². The van der Waals surface area contributed by atoms with Crippen LogP contribution in [0.15, 0.2) is 29.1 Å². The van der Waals surface area contributed by atoms with Crippen LogP contribution in [0.5, 0.6) is 0 Å². The fraction of sp³-hybridized carbons (Fsp3) is 0.250. The van der Waals surface area contributed by atoms with Crippen molar-refractivity contribution in [3.05, 3.63) is 45.9 Å². The van der Waals surface area contributed by atoms with Crippen LogP contribution in [-0.4, -0.2) is 31.1 Å². The Bertz CT molecular complexity index is 987. The Hall–Kier alpha value is -3.16. The Morgan fingerprint density at radius 2 is 2.04 bits per heavy atom. The number of carboxylic acids is 1. The van der Waals surface area contributed by atoms with Gasteiger partial charge in [-0.2, -0.15) is 10.2 Å². The minimum Gasteiger partial charge on any atom is -0.478 e. The number of carbonyl (C=O) groups is 1. The molecule has 3 N–H and O–H groups in total. The van der Waals surface area contributed by atoms with Gasteiger partial charge in [-0.1, -0.05) is 0 Å². The first-order valence-electron chi connectivity index (χ1n) is 7.45. The van der Waals surface area contributed by atoms with E-state index in [0.717, 1.165) is 5.69 Å². The molecule has 1 aromatic carbocycles. The van der Waals surface area contributed by atoms with Gasteiger partial charge in [0.1, 0.15) is 0 Å². The van der Waals surface area contributed by atoms with Gasteiger partial charge in [0.15, 0.2) is 11.6 Å². The fourth-order valence-electron chi connectivity index (χ4n) is 2.44. The van der Waals surface area contributed by atoms with Gasteiger partial charge < -0.3 is 10.4 Å². The second kappa shape index (κ2) is 5.80. The van der Waals surface area contributed by atoms with Crippen LogP contribution in [0.25, 0.3) is 10.8 Å². The molecule has 0 saturated carbocycles. The van der Waals surface area contributed by atoms with Crippen LogP contribution in [-0.2, 0) is 0 Å². The molecule has 0 fully saturated rings. The number of carboxylic acid groups (broad SMARTS) is 1. The van der Waals surface area contributed by atoms with Gasteiger partial charge in [-0.05, 0) is 39.0 Å². The number of nitrogens with one attached hydrogen (secondary N) is 2. The molecule has 0 aliphatic rings. The Labute approximate surface area is 137 Å². The summed E-state index contributed by atoms with van der Waals surface area (Å²) < 4.78 is 1.37. The van der Waals surface area contributed by atoms with E-state index in [1.54, 1.807) is 6.07 Å². The number of nitrogens with zero attached hydrogens (tertiary/aromatic N) is 3. The molecule has 2 heterocycles. The van der Waals surface area contributed by atoms with Crippen LogP contribution in [0.4, 0.5) is 11.6 Å². The Kier molecular flexibility index (Phi) is 3.80. The molecule has 24 heavy (non-hydrogen) atoms. The first-order chi connectivity index (χ1) is 11.4. The number of benzene rings is 1.